The van der Waals surface area contributed by atoms with Crippen molar-refractivity contribution in [3.05, 3.63) is 54.6 Å². The molecular weight excluding hydrogens is 270 g/mol. The fourth-order valence-electron chi connectivity index (χ4n) is 1.74. The molecule has 0 atom stereocenters. The van der Waals surface area contributed by atoms with Gasteiger partial charge >= 0.3 is 0 Å². The van der Waals surface area contributed by atoms with E-state index < -0.39 is 5.41 Å². The van der Waals surface area contributed by atoms with Crippen LogP contribution in [-0.2, 0) is 4.79 Å². The molecule has 0 bridgehead atoms. The quantitative estimate of drug-likeness (QED) is 0.821. The molecule has 2 aromatic rings. The molecule has 0 aliphatic carbocycles. The third-order valence-corrected chi connectivity index (χ3v) is 3.87. The summed E-state index contributed by atoms with van der Waals surface area (Å²) in [7, 11) is 0. The van der Waals surface area contributed by atoms with Gasteiger partial charge in [0.1, 0.15) is 0 Å². The first-order valence-corrected chi connectivity index (χ1v) is 7.09. The van der Waals surface area contributed by atoms with Crippen LogP contribution >= 0.6 is 11.6 Å². The van der Waals surface area contributed by atoms with Crippen molar-refractivity contribution >= 4 is 23.2 Å². The number of carbonyl (C=O) groups is 1. The fraction of sp³-hybridized carbons (Fsp3) is 0.235. The van der Waals surface area contributed by atoms with Gasteiger partial charge < -0.3 is 5.32 Å². The van der Waals surface area contributed by atoms with E-state index in [4.69, 9.17) is 11.6 Å². The number of alkyl halides is 1. The van der Waals surface area contributed by atoms with E-state index in [9.17, 15) is 4.79 Å². The van der Waals surface area contributed by atoms with E-state index in [-0.39, 0.29) is 5.91 Å². The van der Waals surface area contributed by atoms with Crippen LogP contribution in [-0.4, -0.2) is 11.8 Å². The Morgan fingerprint density at radius 1 is 1.00 bits per heavy atom. The topological polar surface area (TPSA) is 29.1 Å². The van der Waals surface area contributed by atoms with Gasteiger partial charge in [0, 0.05) is 11.6 Å². The van der Waals surface area contributed by atoms with E-state index in [1.54, 1.807) is 0 Å². The maximum Gasteiger partial charge on any atom is 0.231 e. The Morgan fingerprint density at radius 3 is 2.10 bits per heavy atom. The molecular formula is C17H18ClNO. The first-order chi connectivity index (χ1) is 9.53. The van der Waals surface area contributed by atoms with Gasteiger partial charge in [0.25, 0.3) is 0 Å². The summed E-state index contributed by atoms with van der Waals surface area (Å²) in [6, 6.07) is 17.9. The lowest BCUT2D eigenvalue weighted by molar-refractivity contribution is -0.122. The highest BCUT2D eigenvalue weighted by atomic mass is 35.5. The van der Waals surface area contributed by atoms with E-state index in [1.807, 2.05) is 56.3 Å². The van der Waals surface area contributed by atoms with Crippen molar-refractivity contribution in [2.24, 2.45) is 5.41 Å². The van der Waals surface area contributed by atoms with Crippen LogP contribution in [0.25, 0.3) is 11.1 Å². The number of halogens is 1. The van der Waals surface area contributed by atoms with Crippen molar-refractivity contribution in [1.29, 1.82) is 0 Å². The van der Waals surface area contributed by atoms with Crippen LogP contribution in [0, 0.1) is 5.41 Å². The van der Waals surface area contributed by atoms with Crippen LogP contribution < -0.4 is 5.32 Å². The van der Waals surface area contributed by atoms with E-state index in [0.29, 0.717) is 5.88 Å². The zero-order valence-electron chi connectivity index (χ0n) is 11.7. The maximum atomic E-state index is 12.0. The van der Waals surface area contributed by atoms with Gasteiger partial charge in [-0.2, -0.15) is 0 Å². The van der Waals surface area contributed by atoms with Crippen LogP contribution in [0.4, 0.5) is 5.69 Å². The van der Waals surface area contributed by atoms with Crippen molar-refractivity contribution < 1.29 is 4.79 Å². The summed E-state index contributed by atoms with van der Waals surface area (Å²) in [5.74, 6) is 0.223. The second-order valence-electron chi connectivity index (χ2n) is 5.42. The molecule has 2 aromatic carbocycles. The predicted molar refractivity (Wildman–Crippen MR) is 85.0 cm³/mol. The van der Waals surface area contributed by atoms with Crippen LogP contribution in [0.15, 0.2) is 54.6 Å². The lowest BCUT2D eigenvalue weighted by Crippen LogP contribution is -2.32. The third-order valence-electron chi connectivity index (χ3n) is 3.20. The molecule has 3 heteroatoms. The summed E-state index contributed by atoms with van der Waals surface area (Å²) < 4.78 is 0. The molecule has 104 valence electrons. The zero-order chi connectivity index (χ0) is 14.6. The van der Waals surface area contributed by atoms with Gasteiger partial charge in [-0.25, -0.2) is 0 Å². The van der Waals surface area contributed by atoms with Gasteiger partial charge in [0.2, 0.25) is 5.91 Å². The zero-order valence-corrected chi connectivity index (χ0v) is 12.4. The van der Waals surface area contributed by atoms with Gasteiger partial charge in [0.15, 0.2) is 0 Å². The molecule has 0 fully saturated rings. The maximum absolute atomic E-state index is 12.0. The number of anilines is 1. The molecule has 0 aliphatic heterocycles. The Balaban J connectivity index is 2.12. The highest BCUT2D eigenvalue weighted by Gasteiger charge is 2.26. The molecule has 0 heterocycles. The second-order valence-corrected chi connectivity index (χ2v) is 5.68. The summed E-state index contributed by atoms with van der Waals surface area (Å²) in [4.78, 5) is 12.0. The number of rotatable bonds is 4. The Bertz CT molecular complexity index is 576. The number of benzene rings is 2. The smallest absolute Gasteiger partial charge is 0.231 e. The molecule has 0 unspecified atom stereocenters. The highest BCUT2D eigenvalue weighted by molar-refractivity contribution is 6.20. The Hall–Kier alpha value is -1.80. The Kier molecular flexibility index (Phi) is 4.46. The standard InChI is InChI=1S/C17H18ClNO/c1-17(2,12-18)16(20)19-15-10-8-14(9-11-15)13-6-4-3-5-7-13/h3-11H,12H2,1-2H3,(H,19,20). The van der Waals surface area contributed by atoms with Gasteiger partial charge in [0.05, 0.1) is 5.41 Å². The largest absolute Gasteiger partial charge is 0.326 e. The van der Waals surface area contributed by atoms with E-state index in [1.165, 1.54) is 0 Å². The third kappa shape index (κ3) is 3.40. The lowest BCUT2D eigenvalue weighted by atomic mass is 9.95. The molecule has 0 aromatic heterocycles. The number of hydrogen-bond donors (Lipinski definition) is 1. The van der Waals surface area contributed by atoms with Crippen molar-refractivity contribution in [2.75, 3.05) is 11.2 Å². The molecule has 2 nitrogen and oxygen atoms in total. The van der Waals surface area contributed by atoms with Gasteiger partial charge in [-0.1, -0.05) is 42.5 Å². The Morgan fingerprint density at radius 2 is 1.55 bits per heavy atom. The monoisotopic (exact) mass is 287 g/mol. The number of nitrogens with one attached hydrogen (secondary N) is 1. The summed E-state index contributed by atoms with van der Waals surface area (Å²) in [5.41, 5.74) is 2.50. The lowest BCUT2D eigenvalue weighted by Gasteiger charge is -2.20. The molecule has 0 radical (unpaired) electrons. The molecule has 0 spiro atoms. The number of amides is 1. The molecule has 0 aliphatic rings. The summed E-state index contributed by atoms with van der Waals surface area (Å²) in [5, 5.41) is 2.89. The minimum Gasteiger partial charge on any atom is -0.326 e. The summed E-state index contributed by atoms with van der Waals surface area (Å²) in [6.07, 6.45) is 0. The first kappa shape index (κ1) is 14.6. The van der Waals surface area contributed by atoms with Crippen LogP contribution in [0.5, 0.6) is 0 Å². The summed E-state index contributed by atoms with van der Waals surface area (Å²) in [6.45, 7) is 3.65. The molecule has 1 amide bonds. The average molecular weight is 288 g/mol. The molecule has 0 saturated carbocycles. The van der Waals surface area contributed by atoms with Crippen molar-refractivity contribution in [2.45, 2.75) is 13.8 Å². The highest BCUT2D eigenvalue weighted by Crippen LogP contribution is 2.23. The SMILES string of the molecule is CC(C)(CCl)C(=O)Nc1ccc(-c2ccccc2)cc1. The average Bonchev–Trinajstić information content (AvgIpc) is 2.49. The normalized spacial score (nSPS) is 11.2. The van der Waals surface area contributed by atoms with E-state index >= 15 is 0 Å². The number of hydrogen-bond acceptors (Lipinski definition) is 1. The second kappa shape index (κ2) is 6.10. The first-order valence-electron chi connectivity index (χ1n) is 6.56. The molecule has 2 rings (SSSR count). The molecule has 1 N–H and O–H groups in total. The molecule has 0 saturated heterocycles. The fourth-order valence-corrected chi connectivity index (χ4v) is 1.86. The van der Waals surface area contributed by atoms with Crippen molar-refractivity contribution in [3.63, 3.8) is 0 Å². The van der Waals surface area contributed by atoms with E-state index in [0.717, 1.165) is 16.8 Å². The molecule has 20 heavy (non-hydrogen) atoms. The Labute approximate surface area is 124 Å². The van der Waals surface area contributed by atoms with Crippen LogP contribution in [0.2, 0.25) is 0 Å². The minimum atomic E-state index is -0.570. The van der Waals surface area contributed by atoms with E-state index in [2.05, 4.69) is 17.4 Å². The minimum absolute atomic E-state index is 0.0695. The van der Waals surface area contributed by atoms with Crippen LogP contribution in [0.1, 0.15) is 13.8 Å². The van der Waals surface area contributed by atoms with Gasteiger partial charge in [-0.3, -0.25) is 4.79 Å². The predicted octanol–water partition coefficient (Wildman–Crippen LogP) is 4.56. The summed E-state index contributed by atoms with van der Waals surface area (Å²) >= 11 is 5.80. The number of carbonyl (C=O) groups excluding carboxylic acids is 1. The van der Waals surface area contributed by atoms with Crippen molar-refractivity contribution in [3.8, 4) is 11.1 Å². The van der Waals surface area contributed by atoms with Crippen LogP contribution in [0.3, 0.4) is 0 Å². The van der Waals surface area contributed by atoms with Gasteiger partial charge in [-0.05, 0) is 37.1 Å². The van der Waals surface area contributed by atoms with Gasteiger partial charge in [-0.15, -0.1) is 11.6 Å². The van der Waals surface area contributed by atoms with Crippen molar-refractivity contribution in [1.82, 2.24) is 0 Å².